The Bertz CT molecular complexity index is 859. The quantitative estimate of drug-likeness (QED) is 0.201. The van der Waals surface area contributed by atoms with Crippen molar-refractivity contribution in [2.75, 3.05) is 20.2 Å². The van der Waals surface area contributed by atoms with Gasteiger partial charge in [-0.3, -0.25) is 4.68 Å². The Hall–Kier alpha value is -2.56. The molecule has 0 aliphatic heterocycles. The van der Waals surface area contributed by atoms with Crippen molar-refractivity contribution < 1.29 is 4.74 Å². The average Bonchev–Trinajstić information content (AvgIpc) is 3.41. The monoisotopic (exact) mass is 509 g/mol. The van der Waals surface area contributed by atoms with Gasteiger partial charge >= 0.3 is 0 Å². The maximum Gasteiger partial charge on any atom is 0.191 e. The van der Waals surface area contributed by atoms with Gasteiger partial charge in [0.05, 0.1) is 25.0 Å². The van der Waals surface area contributed by atoms with Crippen molar-refractivity contribution in [2.45, 2.75) is 26.4 Å². The molecule has 156 valence electrons. The molecule has 0 atom stereocenters. The van der Waals surface area contributed by atoms with Gasteiger partial charge in [0.1, 0.15) is 5.75 Å². The smallest absolute Gasteiger partial charge is 0.191 e. The Labute approximate surface area is 188 Å². The largest absolute Gasteiger partial charge is 0.497 e. The van der Waals surface area contributed by atoms with Crippen LogP contribution in [0.15, 0.2) is 60.0 Å². The summed E-state index contributed by atoms with van der Waals surface area (Å²) in [5.41, 5.74) is 1.89. The molecule has 1 aromatic carbocycles. The van der Waals surface area contributed by atoms with Crippen molar-refractivity contribution >= 4 is 29.9 Å². The zero-order valence-corrected chi connectivity index (χ0v) is 19.1. The number of aromatic nitrogens is 4. The van der Waals surface area contributed by atoms with Gasteiger partial charge in [0.15, 0.2) is 5.96 Å². The molecule has 2 N–H and O–H groups in total. The second-order valence-corrected chi connectivity index (χ2v) is 6.19. The number of aryl methyl sites for hydroxylation is 1. The van der Waals surface area contributed by atoms with E-state index in [1.165, 1.54) is 0 Å². The van der Waals surface area contributed by atoms with Crippen molar-refractivity contribution in [1.82, 2.24) is 30.2 Å². The highest BCUT2D eigenvalue weighted by Gasteiger charge is 2.03. The number of nitrogens with zero attached hydrogens (tertiary/aromatic N) is 5. The van der Waals surface area contributed by atoms with Crippen LogP contribution >= 0.6 is 24.0 Å². The summed E-state index contributed by atoms with van der Waals surface area (Å²) in [5.74, 6) is 1.62. The van der Waals surface area contributed by atoms with Crippen LogP contribution in [-0.2, 0) is 13.1 Å². The molecule has 0 radical (unpaired) electrons. The highest BCUT2D eigenvalue weighted by Crippen LogP contribution is 2.14. The van der Waals surface area contributed by atoms with Gasteiger partial charge in [-0.15, -0.1) is 24.0 Å². The highest BCUT2D eigenvalue weighted by atomic mass is 127. The number of aliphatic imine (C=N–C) groups is 1. The summed E-state index contributed by atoms with van der Waals surface area (Å²) in [5, 5.41) is 15.4. The topological polar surface area (TPSA) is 81.3 Å². The summed E-state index contributed by atoms with van der Waals surface area (Å²) in [6.07, 6.45) is 6.68. The first-order valence-corrected chi connectivity index (χ1v) is 9.47. The van der Waals surface area contributed by atoms with Crippen molar-refractivity contribution in [1.29, 1.82) is 0 Å². The summed E-state index contributed by atoms with van der Waals surface area (Å²) in [4.78, 5) is 4.63. The first kappa shape index (κ1) is 22.7. The minimum atomic E-state index is 0. The normalized spacial score (nSPS) is 11.0. The molecule has 0 saturated carbocycles. The first-order chi connectivity index (χ1) is 13.8. The Balaban J connectivity index is 0.00000300. The van der Waals surface area contributed by atoms with Crippen molar-refractivity contribution in [3.8, 4) is 11.4 Å². The number of guanidine groups is 1. The van der Waals surface area contributed by atoms with Gasteiger partial charge in [0, 0.05) is 38.2 Å². The summed E-state index contributed by atoms with van der Waals surface area (Å²) >= 11 is 0. The molecule has 0 bridgehead atoms. The molecular weight excluding hydrogens is 481 g/mol. The molecule has 8 nitrogen and oxygen atoms in total. The van der Waals surface area contributed by atoms with E-state index in [2.05, 4.69) is 32.7 Å². The molecule has 0 aliphatic rings. The number of rotatable bonds is 9. The van der Waals surface area contributed by atoms with E-state index in [1.807, 2.05) is 58.2 Å². The van der Waals surface area contributed by atoms with Gasteiger partial charge in [-0.25, -0.2) is 9.67 Å². The van der Waals surface area contributed by atoms with E-state index in [1.54, 1.807) is 13.3 Å². The van der Waals surface area contributed by atoms with Crippen LogP contribution in [0.1, 0.15) is 19.0 Å². The van der Waals surface area contributed by atoms with Crippen molar-refractivity contribution in [2.24, 2.45) is 4.99 Å². The van der Waals surface area contributed by atoms with E-state index in [0.717, 1.165) is 49.1 Å². The summed E-state index contributed by atoms with van der Waals surface area (Å²) in [7, 11) is 1.66. The van der Waals surface area contributed by atoms with Crippen LogP contribution in [0, 0.1) is 0 Å². The molecule has 0 amide bonds. The molecule has 29 heavy (non-hydrogen) atoms. The zero-order valence-electron chi connectivity index (χ0n) is 16.8. The predicted octanol–water partition coefficient (Wildman–Crippen LogP) is 2.84. The number of hydrogen-bond donors (Lipinski definition) is 2. The minimum Gasteiger partial charge on any atom is -0.497 e. The molecule has 3 rings (SSSR count). The Morgan fingerprint density at radius 2 is 1.97 bits per heavy atom. The van der Waals surface area contributed by atoms with E-state index < -0.39 is 0 Å². The predicted molar refractivity (Wildman–Crippen MR) is 125 cm³/mol. The van der Waals surface area contributed by atoms with Gasteiger partial charge in [0.2, 0.25) is 0 Å². The van der Waals surface area contributed by atoms with Crippen LogP contribution in [-0.4, -0.2) is 45.7 Å². The Morgan fingerprint density at radius 1 is 1.14 bits per heavy atom. The summed E-state index contributed by atoms with van der Waals surface area (Å²) in [6.45, 7) is 5.08. The molecule has 0 aliphatic carbocycles. The molecular formula is C20H28IN7O. The van der Waals surface area contributed by atoms with Crippen LogP contribution in [0.2, 0.25) is 0 Å². The molecule has 0 fully saturated rings. The number of hydrogen-bond acceptors (Lipinski definition) is 4. The third-order valence-corrected chi connectivity index (χ3v) is 4.14. The molecule has 2 aromatic heterocycles. The number of benzene rings is 1. The number of ether oxygens (including phenoxy) is 1. The SMILES string of the molecule is CCNC(=NCc1ccn(-c2ccc(OC)cc2)n1)NCCCn1cccn1.I. The zero-order chi connectivity index (χ0) is 19.6. The van der Waals surface area contributed by atoms with Crippen LogP contribution < -0.4 is 15.4 Å². The van der Waals surface area contributed by atoms with Crippen LogP contribution in [0.25, 0.3) is 5.69 Å². The molecule has 2 heterocycles. The molecule has 0 spiro atoms. The van der Waals surface area contributed by atoms with Gasteiger partial charge in [-0.05, 0) is 49.7 Å². The van der Waals surface area contributed by atoms with E-state index in [4.69, 9.17) is 4.74 Å². The standard InChI is InChI=1S/C20H27N7O.HI/c1-3-21-20(22-11-4-13-26-14-5-12-24-26)23-16-17-10-15-27(25-17)18-6-8-19(28-2)9-7-18;/h5-10,12,14-15H,3-4,11,13,16H2,1-2H3,(H2,21,22,23);1H. The van der Waals surface area contributed by atoms with E-state index >= 15 is 0 Å². The van der Waals surface area contributed by atoms with Crippen LogP contribution in [0.3, 0.4) is 0 Å². The molecule has 3 aromatic rings. The third-order valence-electron chi connectivity index (χ3n) is 4.14. The van der Waals surface area contributed by atoms with Crippen molar-refractivity contribution in [3.05, 3.63) is 60.7 Å². The van der Waals surface area contributed by atoms with E-state index in [-0.39, 0.29) is 24.0 Å². The van der Waals surface area contributed by atoms with Crippen molar-refractivity contribution in [3.63, 3.8) is 0 Å². The maximum atomic E-state index is 5.19. The number of nitrogens with one attached hydrogen (secondary N) is 2. The third kappa shape index (κ3) is 7.08. The first-order valence-electron chi connectivity index (χ1n) is 9.47. The lowest BCUT2D eigenvalue weighted by Gasteiger charge is -2.11. The second kappa shape index (κ2) is 12.1. The van der Waals surface area contributed by atoms with Gasteiger partial charge in [-0.1, -0.05) is 0 Å². The van der Waals surface area contributed by atoms with E-state index in [9.17, 15) is 0 Å². The lowest BCUT2D eigenvalue weighted by molar-refractivity contribution is 0.414. The van der Waals surface area contributed by atoms with Crippen LogP contribution in [0.5, 0.6) is 5.75 Å². The lowest BCUT2D eigenvalue weighted by Crippen LogP contribution is -2.38. The Kier molecular flexibility index (Phi) is 9.48. The van der Waals surface area contributed by atoms with Gasteiger partial charge in [-0.2, -0.15) is 10.2 Å². The van der Waals surface area contributed by atoms with Gasteiger partial charge in [0.25, 0.3) is 0 Å². The van der Waals surface area contributed by atoms with Gasteiger partial charge < -0.3 is 15.4 Å². The fourth-order valence-corrected chi connectivity index (χ4v) is 2.71. The average molecular weight is 509 g/mol. The molecule has 0 unspecified atom stereocenters. The Morgan fingerprint density at radius 3 is 2.66 bits per heavy atom. The highest BCUT2D eigenvalue weighted by molar-refractivity contribution is 14.0. The fourth-order valence-electron chi connectivity index (χ4n) is 2.71. The molecule has 9 heteroatoms. The lowest BCUT2D eigenvalue weighted by atomic mass is 10.3. The summed E-state index contributed by atoms with van der Waals surface area (Å²) in [6, 6.07) is 11.7. The maximum absolute atomic E-state index is 5.19. The number of halogens is 1. The fraction of sp³-hybridized carbons (Fsp3) is 0.350. The van der Waals surface area contributed by atoms with E-state index in [0.29, 0.717) is 6.54 Å². The minimum absolute atomic E-state index is 0. The van der Waals surface area contributed by atoms with Crippen LogP contribution in [0.4, 0.5) is 0 Å². The second-order valence-electron chi connectivity index (χ2n) is 6.19. The molecule has 0 saturated heterocycles. The summed E-state index contributed by atoms with van der Waals surface area (Å²) < 4.78 is 8.96. The number of methoxy groups -OCH3 is 1.